The van der Waals surface area contributed by atoms with Gasteiger partial charge in [0.15, 0.2) is 0 Å². The lowest BCUT2D eigenvalue weighted by atomic mass is 9.67. The quantitative estimate of drug-likeness (QED) is 0.356. The molecule has 3 atom stereocenters. The van der Waals surface area contributed by atoms with Crippen molar-refractivity contribution < 1.29 is 35.9 Å². The predicted molar refractivity (Wildman–Crippen MR) is 145 cm³/mol. The lowest BCUT2D eigenvalue weighted by Crippen LogP contribution is -2.66. The number of hydrogen-bond donors (Lipinski definition) is 2. The highest BCUT2D eigenvalue weighted by Gasteiger charge is 2.55. The van der Waals surface area contributed by atoms with Crippen LogP contribution in [0.5, 0.6) is 0 Å². The van der Waals surface area contributed by atoms with Crippen LogP contribution in [0, 0.1) is 11.8 Å². The van der Waals surface area contributed by atoms with Crippen molar-refractivity contribution in [2.24, 2.45) is 17.6 Å². The van der Waals surface area contributed by atoms with Crippen molar-refractivity contribution in [2.45, 2.75) is 56.6 Å². The lowest BCUT2D eigenvalue weighted by molar-refractivity contribution is -0.138. The van der Waals surface area contributed by atoms with Crippen molar-refractivity contribution in [3.05, 3.63) is 59.7 Å². The first kappa shape index (κ1) is 30.8. The molecule has 2 aromatic rings. The highest BCUT2D eigenvalue weighted by atomic mass is 19.4. The highest BCUT2D eigenvalue weighted by Crippen LogP contribution is 2.45. The summed E-state index contributed by atoms with van der Waals surface area (Å²) in [6, 6.07) is 10.2. The molecular formula is C29H36F6N4O2. The Morgan fingerprint density at radius 1 is 0.854 bits per heavy atom. The molecule has 0 radical (unpaired) electrons. The zero-order chi connectivity index (χ0) is 30.2. The van der Waals surface area contributed by atoms with Crippen LogP contribution in [-0.2, 0) is 17.1 Å². The normalized spacial score (nSPS) is 21.7. The lowest BCUT2D eigenvalue weighted by Gasteiger charge is -2.50. The van der Waals surface area contributed by atoms with E-state index in [0.29, 0.717) is 50.4 Å². The standard InChI is InChI=1S/C29H36F6N4O2/c1-26(2,41-25(36)40)27(37-3,22-13-15-39(18-22)24-10-6-21(7-11-24)29(33,34)35)16-19-12-14-38(17-19)23-8-4-20(5-9-23)28(30,31)32/h4-11,19,22,37H,12-18H2,1-3H3,(H2,36,40). The van der Waals surface area contributed by atoms with Gasteiger partial charge in [0, 0.05) is 43.5 Å². The number of nitrogens with one attached hydrogen (secondary N) is 1. The number of ether oxygens (including phenoxy) is 1. The van der Waals surface area contributed by atoms with Crippen LogP contribution < -0.4 is 20.9 Å². The Bertz CT molecular complexity index is 1200. The molecular weight excluding hydrogens is 550 g/mol. The predicted octanol–water partition coefficient (Wildman–Crippen LogP) is 6.30. The maximum absolute atomic E-state index is 13.1. The SMILES string of the molecule is CNC(CC1CCN(c2ccc(C(F)(F)F)cc2)C1)(C1CCN(c2ccc(C(F)(F)F)cc2)C1)C(C)(C)OC(N)=O. The Kier molecular flexibility index (Phi) is 8.46. The summed E-state index contributed by atoms with van der Waals surface area (Å²) < 4.78 is 83.9. The van der Waals surface area contributed by atoms with E-state index >= 15 is 0 Å². The number of anilines is 2. The number of hydrogen-bond acceptors (Lipinski definition) is 5. The molecule has 1 amide bonds. The average Bonchev–Trinajstić information content (AvgIpc) is 3.56. The monoisotopic (exact) mass is 586 g/mol. The van der Waals surface area contributed by atoms with Gasteiger partial charge in [-0.1, -0.05) is 0 Å². The number of nitrogens with two attached hydrogens (primary N) is 1. The summed E-state index contributed by atoms with van der Waals surface area (Å²) in [5.74, 6) is 0.0740. The second-order valence-corrected chi connectivity index (χ2v) is 11.5. The van der Waals surface area contributed by atoms with Gasteiger partial charge < -0.3 is 25.6 Å². The molecule has 12 heteroatoms. The van der Waals surface area contributed by atoms with Gasteiger partial charge in [-0.2, -0.15) is 26.3 Å². The van der Waals surface area contributed by atoms with Gasteiger partial charge in [-0.15, -0.1) is 0 Å². The maximum Gasteiger partial charge on any atom is 0.416 e. The van der Waals surface area contributed by atoms with Crippen molar-refractivity contribution >= 4 is 17.5 Å². The van der Waals surface area contributed by atoms with E-state index in [4.69, 9.17) is 10.5 Å². The first-order valence-electron chi connectivity index (χ1n) is 13.6. The van der Waals surface area contributed by atoms with Crippen LogP contribution in [0.3, 0.4) is 0 Å². The molecule has 2 aromatic carbocycles. The molecule has 3 N–H and O–H groups in total. The van der Waals surface area contributed by atoms with E-state index in [1.54, 1.807) is 20.9 Å². The molecule has 2 aliphatic rings. The van der Waals surface area contributed by atoms with Crippen molar-refractivity contribution in [1.82, 2.24) is 5.32 Å². The molecule has 0 bridgehead atoms. The van der Waals surface area contributed by atoms with Gasteiger partial charge in [-0.25, -0.2) is 4.79 Å². The molecule has 2 fully saturated rings. The van der Waals surface area contributed by atoms with E-state index < -0.39 is 40.7 Å². The number of rotatable bonds is 8. The molecule has 2 saturated heterocycles. The maximum atomic E-state index is 13.1. The number of carbonyl (C=O) groups excluding carboxylic acids is 1. The molecule has 3 unspecified atom stereocenters. The summed E-state index contributed by atoms with van der Waals surface area (Å²) >= 11 is 0. The van der Waals surface area contributed by atoms with Crippen LogP contribution in [-0.4, -0.2) is 50.5 Å². The summed E-state index contributed by atoms with van der Waals surface area (Å²) in [5, 5.41) is 3.46. The number of primary amides is 1. The van der Waals surface area contributed by atoms with Crippen molar-refractivity contribution in [3.63, 3.8) is 0 Å². The number of carbonyl (C=O) groups is 1. The van der Waals surface area contributed by atoms with E-state index in [1.165, 1.54) is 24.3 Å². The third-order valence-electron chi connectivity index (χ3n) is 8.78. The number of amides is 1. The number of alkyl halides is 6. The Balaban J connectivity index is 1.54. The summed E-state index contributed by atoms with van der Waals surface area (Å²) in [5.41, 5.74) is 3.64. The van der Waals surface area contributed by atoms with E-state index in [0.717, 1.165) is 30.7 Å². The van der Waals surface area contributed by atoms with Gasteiger partial charge in [-0.05, 0) is 94.6 Å². The molecule has 0 aromatic heterocycles. The Labute approximate surface area is 235 Å². The van der Waals surface area contributed by atoms with Crippen molar-refractivity contribution in [3.8, 4) is 0 Å². The van der Waals surface area contributed by atoms with Gasteiger partial charge in [0.05, 0.1) is 16.7 Å². The number of nitrogens with zero attached hydrogens (tertiary/aromatic N) is 2. The van der Waals surface area contributed by atoms with E-state index in [1.807, 2.05) is 4.90 Å². The van der Waals surface area contributed by atoms with Crippen LogP contribution in [0.15, 0.2) is 48.5 Å². The van der Waals surface area contributed by atoms with Gasteiger partial charge in [0.25, 0.3) is 0 Å². The van der Waals surface area contributed by atoms with E-state index in [9.17, 15) is 31.1 Å². The fourth-order valence-electron chi connectivity index (χ4n) is 6.66. The molecule has 0 spiro atoms. The van der Waals surface area contributed by atoms with Crippen LogP contribution in [0.1, 0.15) is 44.2 Å². The third-order valence-corrected chi connectivity index (χ3v) is 8.78. The molecule has 0 saturated carbocycles. The minimum absolute atomic E-state index is 0.0516. The highest BCUT2D eigenvalue weighted by molar-refractivity contribution is 5.65. The van der Waals surface area contributed by atoms with Crippen LogP contribution in [0.25, 0.3) is 0 Å². The average molecular weight is 587 g/mol. The van der Waals surface area contributed by atoms with Crippen molar-refractivity contribution in [1.29, 1.82) is 0 Å². The largest absolute Gasteiger partial charge is 0.442 e. The van der Waals surface area contributed by atoms with Crippen LogP contribution in [0.2, 0.25) is 0 Å². The fraction of sp³-hybridized carbons (Fsp3) is 0.552. The Morgan fingerprint density at radius 3 is 1.76 bits per heavy atom. The zero-order valence-electron chi connectivity index (χ0n) is 23.3. The number of likely N-dealkylation sites (N-methyl/N-ethyl adjacent to an activating group) is 1. The second kappa shape index (κ2) is 11.3. The minimum Gasteiger partial charge on any atom is -0.442 e. The van der Waals surface area contributed by atoms with Gasteiger partial charge in [0.2, 0.25) is 0 Å². The minimum atomic E-state index is -4.42. The van der Waals surface area contributed by atoms with E-state index in [-0.39, 0.29) is 11.8 Å². The first-order valence-corrected chi connectivity index (χ1v) is 13.6. The summed E-state index contributed by atoms with van der Waals surface area (Å²) in [4.78, 5) is 16.0. The van der Waals surface area contributed by atoms with Gasteiger partial charge >= 0.3 is 18.4 Å². The van der Waals surface area contributed by atoms with Gasteiger partial charge in [0.1, 0.15) is 5.60 Å². The molecule has 2 heterocycles. The molecule has 2 aliphatic heterocycles. The summed E-state index contributed by atoms with van der Waals surface area (Å²) in [6.45, 7) is 6.00. The number of halogens is 6. The van der Waals surface area contributed by atoms with Crippen LogP contribution >= 0.6 is 0 Å². The topological polar surface area (TPSA) is 70.8 Å². The summed E-state index contributed by atoms with van der Waals surface area (Å²) in [6.07, 6.45) is -7.66. The molecule has 4 rings (SSSR count). The Morgan fingerprint density at radius 2 is 1.32 bits per heavy atom. The molecule has 0 aliphatic carbocycles. The smallest absolute Gasteiger partial charge is 0.416 e. The Hall–Kier alpha value is -3.15. The second-order valence-electron chi connectivity index (χ2n) is 11.5. The third kappa shape index (κ3) is 6.52. The van der Waals surface area contributed by atoms with E-state index in [2.05, 4.69) is 10.2 Å². The first-order chi connectivity index (χ1) is 19.1. The number of benzene rings is 2. The van der Waals surface area contributed by atoms with Crippen molar-refractivity contribution in [2.75, 3.05) is 43.0 Å². The molecule has 41 heavy (non-hydrogen) atoms. The molecule has 226 valence electrons. The fourth-order valence-corrected chi connectivity index (χ4v) is 6.66. The zero-order valence-corrected chi connectivity index (χ0v) is 23.3. The van der Waals surface area contributed by atoms with Crippen LogP contribution in [0.4, 0.5) is 42.5 Å². The van der Waals surface area contributed by atoms with Gasteiger partial charge in [-0.3, -0.25) is 0 Å². The molecule has 6 nitrogen and oxygen atoms in total. The summed E-state index contributed by atoms with van der Waals surface area (Å²) in [7, 11) is 1.80.